The molecule has 1 aliphatic rings. The summed E-state index contributed by atoms with van der Waals surface area (Å²) in [6.45, 7) is 4.09. The van der Waals surface area contributed by atoms with E-state index in [1.807, 2.05) is 38.1 Å². The Balaban J connectivity index is 1.61. The van der Waals surface area contributed by atoms with Crippen LogP contribution in [-0.2, 0) is 6.42 Å². The van der Waals surface area contributed by atoms with Crippen LogP contribution in [0.1, 0.15) is 44.4 Å². The normalized spacial score (nSPS) is 14.9. The van der Waals surface area contributed by atoms with E-state index in [4.69, 9.17) is 13.9 Å². The number of rotatable bonds is 6. The van der Waals surface area contributed by atoms with Gasteiger partial charge in [0.05, 0.1) is 31.2 Å². The lowest BCUT2D eigenvalue weighted by Gasteiger charge is -2.25. The monoisotopic (exact) mass is 487 g/mol. The van der Waals surface area contributed by atoms with Crippen molar-refractivity contribution in [3.63, 3.8) is 0 Å². The van der Waals surface area contributed by atoms with Gasteiger partial charge in [0, 0.05) is 6.54 Å². The van der Waals surface area contributed by atoms with Crippen LogP contribution >= 0.6 is 0 Å². The van der Waals surface area contributed by atoms with Gasteiger partial charge in [-0.2, -0.15) is 0 Å². The van der Waals surface area contributed by atoms with Crippen LogP contribution in [0.4, 0.5) is 4.39 Å². The van der Waals surface area contributed by atoms with Gasteiger partial charge in [-0.25, -0.2) is 4.39 Å². The summed E-state index contributed by atoms with van der Waals surface area (Å²) in [5.74, 6) is 0.495. The van der Waals surface area contributed by atoms with Crippen LogP contribution in [0.5, 0.6) is 11.5 Å². The second-order valence-electron chi connectivity index (χ2n) is 9.02. The van der Waals surface area contributed by atoms with E-state index >= 15 is 0 Å². The summed E-state index contributed by atoms with van der Waals surface area (Å²) in [6.07, 6.45) is 0.504. The molecule has 0 saturated heterocycles. The quantitative estimate of drug-likeness (QED) is 0.367. The standard InChI is InChI=1S/C29H26FNO5/c1-16-13-17(2)27-21(14-16)26(32)24-25(19-6-8-20(30)9-7-19)31(29(33)28(24)36-27)12-11-18-5-10-22(34-3)23(15-18)35-4/h5-10,13-15,25H,11-12H2,1-4H3. The summed E-state index contributed by atoms with van der Waals surface area (Å²) < 4.78 is 30.6. The van der Waals surface area contributed by atoms with E-state index in [0.717, 1.165) is 16.7 Å². The zero-order valence-electron chi connectivity index (χ0n) is 20.6. The van der Waals surface area contributed by atoms with Gasteiger partial charge in [-0.3, -0.25) is 9.59 Å². The van der Waals surface area contributed by atoms with Crippen molar-refractivity contribution in [1.82, 2.24) is 4.90 Å². The molecule has 184 valence electrons. The predicted octanol–water partition coefficient (Wildman–Crippen LogP) is 5.35. The molecule has 1 unspecified atom stereocenters. The molecule has 7 heteroatoms. The summed E-state index contributed by atoms with van der Waals surface area (Å²) in [5.41, 5.74) is 3.76. The Hall–Kier alpha value is -4.13. The SMILES string of the molecule is COc1ccc(CCN2C(=O)c3oc4c(C)cc(C)cc4c(=O)c3C2c2ccc(F)cc2)cc1OC. The lowest BCUT2D eigenvalue weighted by molar-refractivity contribution is 0.0730. The third-order valence-corrected chi connectivity index (χ3v) is 6.67. The number of amides is 1. The third-order valence-electron chi connectivity index (χ3n) is 6.67. The maximum absolute atomic E-state index is 13.8. The third kappa shape index (κ3) is 3.90. The molecule has 0 radical (unpaired) electrons. The number of hydrogen-bond acceptors (Lipinski definition) is 5. The molecule has 0 spiro atoms. The molecule has 0 fully saturated rings. The summed E-state index contributed by atoms with van der Waals surface area (Å²) in [6, 6.07) is 14.5. The van der Waals surface area contributed by atoms with Crippen LogP contribution in [0.3, 0.4) is 0 Å². The van der Waals surface area contributed by atoms with Crippen molar-refractivity contribution in [2.24, 2.45) is 0 Å². The van der Waals surface area contributed by atoms with E-state index in [0.29, 0.717) is 41.0 Å². The number of benzene rings is 3. The molecule has 0 N–H and O–H groups in total. The number of ether oxygens (including phenoxy) is 2. The molecule has 0 bridgehead atoms. The Bertz CT molecular complexity index is 1540. The van der Waals surface area contributed by atoms with E-state index < -0.39 is 11.9 Å². The van der Waals surface area contributed by atoms with E-state index in [9.17, 15) is 14.0 Å². The molecule has 1 aliphatic heterocycles. The lowest BCUT2D eigenvalue weighted by atomic mass is 9.97. The Morgan fingerprint density at radius 1 is 0.944 bits per heavy atom. The van der Waals surface area contributed by atoms with Gasteiger partial charge in [0.25, 0.3) is 5.91 Å². The number of nitrogens with zero attached hydrogens (tertiary/aromatic N) is 1. The van der Waals surface area contributed by atoms with E-state index in [-0.39, 0.29) is 22.7 Å². The summed E-state index contributed by atoms with van der Waals surface area (Å²) in [7, 11) is 3.14. The molecule has 36 heavy (non-hydrogen) atoms. The Kier molecular flexibility index (Phi) is 6.00. The van der Waals surface area contributed by atoms with Gasteiger partial charge >= 0.3 is 0 Å². The van der Waals surface area contributed by atoms with Crippen LogP contribution in [0.25, 0.3) is 11.0 Å². The zero-order valence-corrected chi connectivity index (χ0v) is 20.6. The highest BCUT2D eigenvalue weighted by atomic mass is 19.1. The van der Waals surface area contributed by atoms with E-state index in [1.165, 1.54) is 12.1 Å². The maximum Gasteiger partial charge on any atom is 0.290 e. The van der Waals surface area contributed by atoms with Gasteiger partial charge in [0.1, 0.15) is 11.4 Å². The second-order valence-corrected chi connectivity index (χ2v) is 9.02. The molecule has 4 aromatic rings. The van der Waals surface area contributed by atoms with Crippen molar-refractivity contribution in [2.75, 3.05) is 20.8 Å². The van der Waals surface area contributed by atoms with E-state index in [2.05, 4.69) is 0 Å². The molecule has 0 saturated carbocycles. The topological polar surface area (TPSA) is 69.0 Å². The predicted molar refractivity (Wildman–Crippen MR) is 134 cm³/mol. The number of carbonyl (C=O) groups excluding carboxylic acids is 1. The van der Waals surface area contributed by atoms with Crippen LogP contribution in [0.2, 0.25) is 0 Å². The molecule has 6 nitrogen and oxygen atoms in total. The van der Waals surface area contributed by atoms with Crippen molar-refractivity contribution < 1.29 is 23.1 Å². The van der Waals surface area contributed by atoms with Crippen LogP contribution < -0.4 is 14.9 Å². The number of fused-ring (bicyclic) bond motifs is 2. The fourth-order valence-corrected chi connectivity index (χ4v) is 4.98. The molecule has 1 aromatic heterocycles. The summed E-state index contributed by atoms with van der Waals surface area (Å²) in [5, 5.41) is 0.438. The molecule has 2 heterocycles. The first-order valence-corrected chi connectivity index (χ1v) is 11.7. The number of carbonyl (C=O) groups is 1. The van der Waals surface area contributed by atoms with Crippen molar-refractivity contribution in [1.29, 1.82) is 0 Å². The molecule has 0 aliphatic carbocycles. The van der Waals surface area contributed by atoms with E-state index in [1.54, 1.807) is 37.3 Å². The van der Waals surface area contributed by atoms with Crippen molar-refractivity contribution in [2.45, 2.75) is 26.3 Å². The largest absolute Gasteiger partial charge is 0.493 e. The first-order valence-electron chi connectivity index (χ1n) is 11.7. The van der Waals surface area contributed by atoms with Gasteiger partial charge in [-0.05, 0) is 72.9 Å². The van der Waals surface area contributed by atoms with Crippen molar-refractivity contribution in [3.8, 4) is 11.5 Å². The average Bonchev–Trinajstić information content (AvgIpc) is 3.15. The van der Waals surface area contributed by atoms with Crippen molar-refractivity contribution in [3.05, 3.63) is 104 Å². The van der Waals surface area contributed by atoms with Gasteiger partial charge in [-0.1, -0.05) is 24.3 Å². The Labute approximate surface area is 207 Å². The Morgan fingerprint density at radius 3 is 2.36 bits per heavy atom. The minimum absolute atomic E-state index is 0.0427. The molecule has 1 atom stereocenters. The smallest absolute Gasteiger partial charge is 0.290 e. The Morgan fingerprint density at radius 2 is 1.67 bits per heavy atom. The van der Waals surface area contributed by atoms with Gasteiger partial charge < -0.3 is 18.8 Å². The number of aryl methyl sites for hydroxylation is 2. The van der Waals surface area contributed by atoms with Crippen LogP contribution in [0.15, 0.2) is 63.8 Å². The van der Waals surface area contributed by atoms with Gasteiger partial charge in [0.15, 0.2) is 16.9 Å². The maximum atomic E-state index is 13.8. The molecular formula is C29H26FNO5. The highest BCUT2D eigenvalue weighted by Crippen LogP contribution is 2.39. The van der Waals surface area contributed by atoms with Crippen LogP contribution in [-0.4, -0.2) is 31.6 Å². The average molecular weight is 488 g/mol. The van der Waals surface area contributed by atoms with Gasteiger partial charge in [0.2, 0.25) is 5.76 Å². The number of hydrogen-bond donors (Lipinski definition) is 0. The number of methoxy groups -OCH3 is 2. The minimum atomic E-state index is -0.685. The molecular weight excluding hydrogens is 461 g/mol. The van der Waals surface area contributed by atoms with Gasteiger partial charge in [-0.15, -0.1) is 0 Å². The first kappa shape index (κ1) is 23.6. The first-order chi connectivity index (χ1) is 17.3. The zero-order chi connectivity index (χ0) is 25.6. The molecule has 1 amide bonds. The highest BCUT2D eigenvalue weighted by molar-refractivity contribution is 5.99. The summed E-state index contributed by atoms with van der Waals surface area (Å²) >= 11 is 0. The number of halogens is 1. The lowest BCUT2D eigenvalue weighted by Crippen LogP contribution is -2.31. The summed E-state index contributed by atoms with van der Waals surface area (Å²) in [4.78, 5) is 29.0. The minimum Gasteiger partial charge on any atom is -0.493 e. The molecule has 5 rings (SSSR count). The van der Waals surface area contributed by atoms with Crippen LogP contribution in [0, 0.1) is 19.7 Å². The molecule has 3 aromatic carbocycles. The van der Waals surface area contributed by atoms with Crippen molar-refractivity contribution >= 4 is 16.9 Å². The fraction of sp³-hybridized carbons (Fsp3) is 0.241. The second kappa shape index (κ2) is 9.15. The highest BCUT2D eigenvalue weighted by Gasteiger charge is 2.42. The fourth-order valence-electron chi connectivity index (χ4n) is 4.98.